The number of aryl methyl sites for hydroxylation is 1. The van der Waals surface area contributed by atoms with E-state index in [4.69, 9.17) is 0 Å². The molecule has 0 spiro atoms. The number of nitrogens with zero attached hydrogens (tertiary/aromatic N) is 3. The van der Waals surface area contributed by atoms with Gasteiger partial charge in [-0.05, 0) is 48.2 Å². The molecule has 33 heavy (non-hydrogen) atoms. The number of rotatable bonds is 8. The average Bonchev–Trinajstić information content (AvgIpc) is 3.26. The summed E-state index contributed by atoms with van der Waals surface area (Å²) in [5.74, 6) is 0. The largest absolute Gasteiger partial charge is 0.349 e. The molecule has 0 fully saturated rings. The molecule has 0 saturated heterocycles. The van der Waals surface area contributed by atoms with Crippen molar-refractivity contribution in [2.45, 2.75) is 31.2 Å². The summed E-state index contributed by atoms with van der Waals surface area (Å²) in [4.78, 5) is 32.3. The molecule has 9 nitrogen and oxygen atoms in total. The van der Waals surface area contributed by atoms with E-state index in [1.165, 1.54) is 19.2 Å². The molecule has 2 N–H and O–H groups in total. The summed E-state index contributed by atoms with van der Waals surface area (Å²) < 4.78 is 30.5. The number of fused-ring (bicyclic) bond motifs is 1. The monoisotopic (exact) mass is 467 g/mol. The highest BCUT2D eigenvalue weighted by molar-refractivity contribution is 7.89. The first kappa shape index (κ1) is 22.7. The fourth-order valence-corrected chi connectivity index (χ4v) is 4.76. The van der Waals surface area contributed by atoms with Crippen LogP contribution in [0.15, 0.2) is 69.3 Å². The van der Waals surface area contributed by atoms with E-state index in [0.717, 1.165) is 16.6 Å². The zero-order valence-electron chi connectivity index (χ0n) is 18.4. The van der Waals surface area contributed by atoms with E-state index in [1.807, 2.05) is 19.1 Å². The number of nitrogens with one attached hydrogen (secondary N) is 2. The lowest BCUT2D eigenvalue weighted by Gasteiger charge is -2.07. The van der Waals surface area contributed by atoms with Crippen molar-refractivity contribution in [2.24, 2.45) is 7.05 Å². The van der Waals surface area contributed by atoms with Crippen LogP contribution >= 0.6 is 0 Å². The predicted octanol–water partition coefficient (Wildman–Crippen LogP) is 2.02. The van der Waals surface area contributed by atoms with Crippen LogP contribution < -0.4 is 16.0 Å². The quantitative estimate of drug-likeness (QED) is 0.411. The maximum Gasteiger partial charge on any atom is 0.331 e. The Labute approximate surface area is 190 Å². The van der Waals surface area contributed by atoms with E-state index in [9.17, 15) is 18.0 Å². The summed E-state index contributed by atoms with van der Waals surface area (Å²) in [6, 6.07) is 11.8. The summed E-state index contributed by atoms with van der Waals surface area (Å²) in [6.45, 7) is 2.71. The van der Waals surface area contributed by atoms with Gasteiger partial charge < -0.3 is 4.98 Å². The van der Waals surface area contributed by atoms with Gasteiger partial charge in [0.05, 0.1) is 10.4 Å². The van der Waals surface area contributed by atoms with Crippen LogP contribution in [0.3, 0.4) is 0 Å². The highest BCUT2D eigenvalue weighted by Crippen LogP contribution is 2.23. The van der Waals surface area contributed by atoms with Gasteiger partial charge in [0, 0.05) is 38.2 Å². The number of aromatic nitrogens is 4. The van der Waals surface area contributed by atoms with Crippen molar-refractivity contribution in [3.05, 3.63) is 81.3 Å². The Morgan fingerprint density at radius 3 is 2.55 bits per heavy atom. The van der Waals surface area contributed by atoms with Gasteiger partial charge in [-0.15, -0.1) is 0 Å². The first-order valence-electron chi connectivity index (χ1n) is 10.6. The summed E-state index contributed by atoms with van der Waals surface area (Å²) in [6.07, 6.45) is 4.66. The predicted molar refractivity (Wildman–Crippen MR) is 127 cm³/mol. The zero-order chi connectivity index (χ0) is 23.6. The molecule has 0 saturated carbocycles. The third-order valence-corrected chi connectivity index (χ3v) is 6.95. The minimum Gasteiger partial charge on any atom is -0.349 e. The summed E-state index contributed by atoms with van der Waals surface area (Å²) in [5, 5.41) is 0. The van der Waals surface area contributed by atoms with Gasteiger partial charge >= 0.3 is 5.69 Å². The lowest BCUT2D eigenvalue weighted by atomic mass is 10.1. The van der Waals surface area contributed by atoms with Gasteiger partial charge in [-0.2, -0.15) is 0 Å². The maximum absolute atomic E-state index is 12.6. The summed E-state index contributed by atoms with van der Waals surface area (Å²) in [5.41, 5.74) is 2.40. The molecule has 0 aliphatic heterocycles. The first-order chi connectivity index (χ1) is 15.8. The van der Waals surface area contributed by atoms with Gasteiger partial charge in [0.25, 0.3) is 5.56 Å². The van der Waals surface area contributed by atoms with Crippen molar-refractivity contribution in [2.75, 3.05) is 6.54 Å². The van der Waals surface area contributed by atoms with Crippen LogP contribution in [0.2, 0.25) is 0 Å². The number of H-pyrrole nitrogens is 1. The van der Waals surface area contributed by atoms with Crippen LogP contribution in [0, 0.1) is 0 Å². The number of benzene rings is 1. The van der Waals surface area contributed by atoms with E-state index in [1.54, 1.807) is 35.2 Å². The molecule has 0 aliphatic carbocycles. The Kier molecular flexibility index (Phi) is 6.30. The lowest BCUT2D eigenvalue weighted by molar-refractivity contribution is 0.581. The molecule has 4 aromatic rings. The molecule has 0 bridgehead atoms. The van der Waals surface area contributed by atoms with Gasteiger partial charge in [0.2, 0.25) is 10.0 Å². The van der Waals surface area contributed by atoms with Crippen LogP contribution in [-0.2, 0) is 30.0 Å². The summed E-state index contributed by atoms with van der Waals surface area (Å²) in [7, 11) is -2.21. The second kappa shape index (κ2) is 9.16. The average molecular weight is 468 g/mol. The molecule has 3 aromatic heterocycles. The second-order valence-corrected chi connectivity index (χ2v) is 9.54. The Morgan fingerprint density at radius 1 is 1.12 bits per heavy atom. The number of aromatic amines is 1. The van der Waals surface area contributed by atoms with E-state index < -0.39 is 15.6 Å². The minimum absolute atomic E-state index is 0.146. The van der Waals surface area contributed by atoms with Crippen LogP contribution in [0.25, 0.3) is 22.3 Å². The normalized spacial score (nSPS) is 11.8. The highest BCUT2D eigenvalue weighted by Gasteiger charge is 2.16. The molecule has 0 unspecified atom stereocenters. The highest BCUT2D eigenvalue weighted by atomic mass is 32.2. The Balaban J connectivity index is 1.59. The van der Waals surface area contributed by atoms with E-state index >= 15 is 0 Å². The van der Waals surface area contributed by atoms with Crippen LogP contribution in [-0.4, -0.2) is 34.1 Å². The van der Waals surface area contributed by atoms with Crippen LogP contribution in [0.5, 0.6) is 0 Å². The van der Waals surface area contributed by atoms with Gasteiger partial charge in [-0.1, -0.05) is 25.1 Å². The standard InChI is InChI=1S/C23H25N5O4S/c1-3-13-28-20-14-19(26-21(20)22(29)27(2)23(28)30)17-6-8-18(9-7-17)33(31,32)25-12-10-16-5-4-11-24-15-16/h4-9,11,14-15,25-26H,3,10,12-13H2,1-2H3. The molecule has 0 atom stereocenters. The second-order valence-electron chi connectivity index (χ2n) is 7.78. The van der Waals surface area contributed by atoms with Crippen molar-refractivity contribution >= 4 is 21.1 Å². The topological polar surface area (TPSA) is 119 Å². The Hall–Kier alpha value is -3.50. The van der Waals surface area contributed by atoms with E-state index in [2.05, 4.69) is 14.7 Å². The SMILES string of the molecule is CCCn1c(=O)n(C)c(=O)c2[nH]c(-c3ccc(S(=O)(=O)NCCc4cccnc4)cc3)cc21. The number of hydrogen-bond donors (Lipinski definition) is 2. The molecule has 4 rings (SSSR count). The third-order valence-electron chi connectivity index (χ3n) is 5.48. The molecule has 10 heteroatoms. The molecule has 0 radical (unpaired) electrons. The number of sulfonamides is 1. The zero-order valence-corrected chi connectivity index (χ0v) is 19.2. The van der Waals surface area contributed by atoms with Crippen molar-refractivity contribution in [3.63, 3.8) is 0 Å². The fraction of sp³-hybridized carbons (Fsp3) is 0.261. The maximum atomic E-state index is 12.6. The number of hydrogen-bond acceptors (Lipinski definition) is 5. The van der Waals surface area contributed by atoms with Crippen molar-refractivity contribution < 1.29 is 8.42 Å². The molecular weight excluding hydrogens is 442 g/mol. The fourth-order valence-electron chi connectivity index (χ4n) is 3.73. The molecule has 0 aliphatic rings. The van der Waals surface area contributed by atoms with Crippen molar-refractivity contribution in [3.8, 4) is 11.3 Å². The van der Waals surface area contributed by atoms with Crippen molar-refractivity contribution in [1.29, 1.82) is 0 Å². The van der Waals surface area contributed by atoms with Gasteiger partial charge in [-0.3, -0.25) is 18.9 Å². The lowest BCUT2D eigenvalue weighted by Crippen LogP contribution is -2.38. The number of pyridine rings is 1. The van der Waals surface area contributed by atoms with Gasteiger partial charge in [0.1, 0.15) is 5.52 Å². The minimum atomic E-state index is -3.67. The smallest absolute Gasteiger partial charge is 0.331 e. The molecule has 1 aromatic carbocycles. The van der Waals surface area contributed by atoms with Gasteiger partial charge in [0.15, 0.2) is 0 Å². The van der Waals surface area contributed by atoms with Crippen molar-refractivity contribution in [1.82, 2.24) is 23.8 Å². The first-order valence-corrected chi connectivity index (χ1v) is 12.1. The molecule has 0 amide bonds. The van der Waals surface area contributed by atoms with Gasteiger partial charge in [-0.25, -0.2) is 17.9 Å². The molecular formula is C23H25N5O4S. The van der Waals surface area contributed by atoms with Crippen LogP contribution in [0.1, 0.15) is 18.9 Å². The molecule has 3 heterocycles. The Bertz CT molecular complexity index is 1500. The van der Waals surface area contributed by atoms with Crippen LogP contribution in [0.4, 0.5) is 0 Å². The van der Waals surface area contributed by atoms with E-state index in [0.29, 0.717) is 35.3 Å². The summed E-state index contributed by atoms with van der Waals surface area (Å²) >= 11 is 0. The van der Waals surface area contributed by atoms with E-state index in [-0.39, 0.29) is 17.1 Å². The Morgan fingerprint density at radius 2 is 1.88 bits per heavy atom. The third kappa shape index (κ3) is 4.53. The molecule has 172 valence electrons.